The third-order valence-electron chi connectivity index (χ3n) is 5.29. The molecule has 1 unspecified atom stereocenters. The largest absolute Gasteiger partial charge is 0.337 e. The zero-order valence-electron chi connectivity index (χ0n) is 16.6. The van der Waals surface area contributed by atoms with Gasteiger partial charge in [0, 0.05) is 12.6 Å². The molecule has 3 aromatic rings. The molecule has 1 atom stereocenters. The van der Waals surface area contributed by atoms with Gasteiger partial charge in [-0.15, -0.1) is 0 Å². The van der Waals surface area contributed by atoms with E-state index in [1.165, 1.54) is 17.1 Å². The Labute approximate surface area is 173 Å². The molecular formula is C20H23N5O4S. The summed E-state index contributed by atoms with van der Waals surface area (Å²) in [5.74, 6) is -0.204. The number of hydrogen-bond donors (Lipinski definition) is 0. The molecule has 9 nitrogen and oxygen atoms in total. The first-order valence-electron chi connectivity index (χ1n) is 9.88. The van der Waals surface area contributed by atoms with E-state index in [9.17, 15) is 18.0 Å². The number of rotatable bonds is 6. The number of benzene rings is 1. The molecule has 1 aliphatic rings. The van der Waals surface area contributed by atoms with Crippen molar-refractivity contribution in [3.63, 3.8) is 0 Å². The first kappa shape index (κ1) is 20.3. The number of sulfone groups is 1. The molecule has 1 saturated heterocycles. The Morgan fingerprint density at radius 3 is 2.70 bits per heavy atom. The quantitative estimate of drug-likeness (QED) is 0.579. The molecule has 1 amide bonds. The second kappa shape index (κ2) is 8.02. The van der Waals surface area contributed by atoms with Gasteiger partial charge in [-0.1, -0.05) is 25.1 Å². The van der Waals surface area contributed by atoms with Gasteiger partial charge >= 0.3 is 0 Å². The van der Waals surface area contributed by atoms with Crippen LogP contribution in [0.15, 0.2) is 47.7 Å². The van der Waals surface area contributed by atoms with Gasteiger partial charge in [0.05, 0.1) is 23.4 Å². The monoisotopic (exact) mass is 429 g/mol. The molecule has 3 heterocycles. The molecule has 2 aromatic heterocycles. The van der Waals surface area contributed by atoms with Crippen molar-refractivity contribution >= 4 is 26.8 Å². The molecule has 0 spiro atoms. The molecule has 4 rings (SSSR count). The fourth-order valence-corrected chi connectivity index (χ4v) is 5.56. The minimum absolute atomic E-state index is 0.0191. The van der Waals surface area contributed by atoms with Crippen molar-refractivity contribution in [3.8, 4) is 5.69 Å². The van der Waals surface area contributed by atoms with Crippen LogP contribution in [-0.4, -0.2) is 62.6 Å². The lowest BCUT2D eigenvalue weighted by molar-refractivity contribution is -0.133. The predicted molar refractivity (Wildman–Crippen MR) is 112 cm³/mol. The molecule has 0 N–H and O–H groups in total. The van der Waals surface area contributed by atoms with E-state index in [2.05, 4.69) is 10.1 Å². The predicted octanol–water partition coefficient (Wildman–Crippen LogP) is 1.01. The molecule has 0 saturated carbocycles. The van der Waals surface area contributed by atoms with E-state index < -0.39 is 9.84 Å². The van der Waals surface area contributed by atoms with Gasteiger partial charge in [0.15, 0.2) is 15.5 Å². The van der Waals surface area contributed by atoms with Gasteiger partial charge in [-0.25, -0.2) is 18.1 Å². The lowest BCUT2D eigenvalue weighted by Gasteiger charge is -2.28. The van der Waals surface area contributed by atoms with E-state index in [0.717, 1.165) is 5.69 Å². The Morgan fingerprint density at radius 2 is 2.03 bits per heavy atom. The maximum Gasteiger partial charge on any atom is 0.264 e. The highest BCUT2D eigenvalue weighted by Crippen LogP contribution is 2.19. The summed E-state index contributed by atoms with van der Waals surface area (Å²) in [7, 11) is -3.11. The van der Waals surface area contributed by atoms with Crippen LogP contribution in [0.1, 0.15) is 19.8 Å². The second-order valence-electron chi connectivity index (χ2n) is 7.45. The molecule has 1 aliphatic heterocycles. The number of amides is 1. The number of hydrogen-bond acceptors (Lipinski definition) is 6. The van der Waals surface area contributed by atoms with Gasteiger partial charge in [-0.3, -0.25) is 14.2 Å². The summed E-state index contributed by atoms with van der Waals surface area (Å²) in [5, 5.41) is 4.59. The maximum atomic E-state index is 12.9. The first-order chi connectivity index (χ1) is 14.4. The van der Waals surface area contributed by atoms with Crippen molar-refractivity contribution in [2.45, 2.75) is 32.4 Å². The fraction of sp³-hybridized carbons (Fsp3) is 0.400. The number of fused-ring (bicyclic) bond motifs is 1. The maximum absolute atomic E-state index is 12.9. The van der Waals surface area contributed by atoms with E-state index in [4.69, 9.17) is 0 Å². The fourth-order valence-electron chi connectivity index (χ4n) is 3.83. The van der Waals surface area contributed by atoms with Crippen LogP contribution in [0, 0.1) is 0 Å². The third-order valence-corrected chi connectivity index (χ3v) is 7.05. The number of aromatic nitrogens is 4. The molecular weight excluding hydrogens is 406 g/mol. The van der Waals surface area contributed by atoms with Crippen molar-refractivity contribution in [3.05, 3.63) is 53.2 Å². The molecule has 158 valence electrons. The summed E-state index contributed by atoms with van der Waals surface area (Å²) in [4.78, 5) is 31.8. The SMILES string of the molecule is CCCN(C(=O)Cn1cnc2c(cnn2-c2ccccc2)c1=O)C1CCS(=O)(=O)C1. The van der Waals surface area contributed by atoms with Crippen LogP contribution in [0.5, 0.6) is 0 Å². The van der Waals surface area contributed by atoms with Gasteiger partial charge in [-0.2, -0.15) is 5.10 Å². The Balaban J connectivity index is 1.61. The summed E-state index contributed by atoms with van der Waals surface area (Å²) in [6.45, 7) is 2.20. The third kappa shape index (κ3) is 3.87. The van der Waals surface area contributed by atoms with Crippen LogP contribution in [0.25, 0.3) is 16.7 Å². The summed E-state index contributed by atoms with van der Waals surface area (Å²) < 4.78 is 26.5. The molecule has 1 fully saturated rings. The minimum atomic E-state index is -3.11. The standard InChI is InChI=1S/C20H23N5O4S/c1-2-9-24(16-8-10-30(28,29)13-16)18(26)12-23-14-21-19-17(20(23)27)11-22-25(19)15-6-4-3-5-7-15/h3-7,11,14,16H,2,8-10,12-13H2,1H3. The van der Waals surface area contributed by atoms with Crippen LogP contribution in [-0.2, 0) is 21.2 Å². The average Bonchev–Trinajstić information content (AvgIpc) is 3.32. The van der Waals surface area contributed by atoms with Crippen LogP contribution in [0.2, 0.25) is 0 Å². The highest BCUT2D eigenvalue weighted by atomic mass is 32.2. The molecule has 0 radical (unpaired) electrons. The van der Waals surface area contributed by atoms with E-state index in [0.29, 0.717) is 30.4 Å². The van der Waals surface area contributed by atoms with Crippen LogP contribution < -0.4 is 5.56 Å². The van der Waals surface area contributed by atoms with Gasteiger partial charge < -0.3 is 4.90 Å². The van der Waals surface area contributed by atoms with Crippen LogP contribution >= 0.6 is 0 Å². The number of nitrogens with zero attached hydrogens (tertiary/aromatic N) is 5. The van der Waals surface area contributed by atoms with Crippen LogP contribution in [0.3, 0.4) is 0 Å². The molecule has 0 bridgehead atoms. The number of carbonyl (C=O) groups is 1. The highest BCUT2D eigenvalue weighted by molar-refractivity contribution is 7.91. The Kier molecular flexibility index (Phi) is 5.42. The highest BCUT2D eigenvalue weighted by Gasteiger charge is 2.34. The Hall–Kier alpha value is -3.01. The Morgan fingerprint density at radius 1 is 1.27 bits per heavy atom. The second-order valence-corrected chi connectivity index (χ2v) is 9.68. The minimum Gasteiger partial charge on any atom is -0.337 e. The van der Waals surface area contributed by atoms with Gasteiger partial charge in [0.1, 0.15) is 18.3 Å². The molecule has 10 heteroatoms. The van der Waals surface area contributed by atoms with E-state index >= 15 is 0 Å². The van der Waals surface area contributed by atoms with Crippen LogP contribution in [0.4, 0.5) is 0 Å². The lowest BCUT2D eigenvalue weighted by Crippen LogP contribution is -2.44. The van der Waals surface area contributed by atoms with Gasteiger partial charge in [-0.05, 0) is 25.0 Å². The zero-order chi connectivity index (χ0) is 21.3. The van der Waals surface area contributed by atoms with Gasteiger partial charge in [0.25, 0.3) is 5.56 Å². The molecule has 0 aliphatic carbocycles. The van der Waals surface area contributed by atoms with Crippen molar-refractivity contribution in [2.75, 3.05) is 18.1 Å². The summed E-state index contributed by atoms with van der Waals surface area (Å²) in [6.07, 6.45) is 3.94. The normalized spacial score (nSPS) is 18.0. The van der Waals surface area contributed by atoms with E-state index in [-0.39, 0.29) is 35.6 Å². The van der Waals surface area contributed by atoms with E-state index in [1.54, 1.807) is 9.58 Å². The van der Waals surface area contributed by atoms with Crippen molar-refractivity contribution in [1.29, 1.82) is 0 Å². The van der Waals surface area contributed by atoms with E-state index in [1.807, 2.05) is 37.3 Å². The van der Waals surface area contributed by atoms with Crippen molar-refractivity contribution in [1.82, 2.24) is 24.2 Å². The topological polar surface area (TPSA) is 107 Å². The lowest BCUT2D eigenvalue weighted by atomic mass is 10.2. The zero-order valence-corrected chi connectivity index (χ0v) is 17.5. The first-order valence-corrected chi connectivity index (χ1v) is 11.7. The van der Waals surface area contributed by atoms with Crippen molar-refractivity contribution in [2.24, 2.45) is 0 Å². The Bertz CT molecular complexity index is 1230. The summed E-state index contributed by atoms with van der Waals surface area (Å²) in [5.41, 5.74) is 0.845. The molecule has 30 heavy (non-hydrogen) atoms. The van der Waals surface area contributed by atoms with Crippen molar-refractivity contribution < 1.29 is 13.2 Å². The number of para-hydroxylation sites is 1. The summed E-state index contributed by atoms with van der Waals surface area (Å²) in [6, 6.07) is 9.01. The average molecular weight is 430 g/mol. The molecule has 1 aromatic carbocycles. The summed E-state index contributed by atoms with van der Waals surface area (Å²) >= 11 is 0. The smallest absolute Gasteiger partial charge is 0.264 e. The number of carbonyl (C=O) groups excluding carboxylic acids is 1. The van der Waals surface area contributed by atoms with Gasteiger partial charge in [0.2, 0.25) is 5.91 Å².